The molecule has 0 spiro atoms. The highest BCUT2D eigenvalue weighted by atomic mass is 32.1. The van der Waals surface area contributed by atoms with Gasteiger partial charge in [0.15, 0.2) is 0 Å². The predicted octanol–water partition coefficient (Wildman–Crippen LogP) is 1.35. The Bertz CT molecular complexity index is 292. The minimum absolute atomic E-state index is 0.133. The Morgan fingerprint density at radius 1 is 1.50 bits per heavy atom. The predicted molar refractivity (Wildman–Crippen MR) is 42.9 cm³/mol. The number of rotatable bonds is 2. The number of carbonyl (C=O) groups is 1. The van der Waals surface area contributed by atoms with Gasteiger partial charge in [-0.1, -0.05) is 12.1 Å². The third kappa shape index (κ3) is 2.04. The van der Waals surface area contributed by atoms with Gasteiger partial charge >= 0.3 is 11.4 Å². The van der Waals surface area contributed by atoms with Crippen LogP contribution >= 0.6 is 12.9 Å². The second kappa shape index (κ2) is 4.20. The Morgan fingerprint density at radius 2 is 2.17 bits per heavy atom. The van der Waals surface area contributed by atoms with E-state index in [2.05, 4.69) is 22.7 Å². The van der Waals surface area contributed by atoms with E-state index in [1.54, 1.807) is 0 Å². The Morgan fingerprint density at radius 3 is 2.75 bits per heavy atom. The highest BCUT2D eigenvalue weighted by Gasteiger charge is 2.26. The van der Waals surface area contributed by atoms with Crippen LogP contribution in [0.1, 0.15) is 10.4 Å². The van der Waals surface area contributed by atoms with Crippen molar-refractivity contribution >= 4 is 18.8 Å². The summed E-state index contributed by atoms with van der Waals surface area (Å²) < 4.78 is 16.7. The van der Waals surface area contributed by atoms with Gasteiger partial charge in [-0.15, -0.1) is 0 Å². The molecule has 0 aliphatic rings. The molecule has 0 N–H and O–H groups in total. The molecule has 3 nitrogen and oxygen atoms in total. The molecule has 1 aromatic carbocycles. The topological polar surface area (TPSA) is 40.4 Å². The first-order valence-corrected chi connectivity index (χ1v) is 3.42. The zero-order valence-corrected chi connectivity index (χ0v) is 6.79. The van der Waals surface area contributed by atoms with Crippen LogP contribution in [0, 0.1) is 5.82 Å². The standard InChI is InChI=1S/C7H5FNO2S/c8-6-4-2-1-3-5(6)7(10)9-11-12/h1-4,12H/q+1. The monoisotopic (exact) mass is 186 g/mol. The molecule has 62 valence electrons. The maximum absolute atomic E-state index is 12.8. The summed E-state index contributed by atoms with van der Waals surface area (Å²) in [6.45, 7) is 0. The molecule has 2 radical (unpaired) electrons. The van der Waals surface area contributed by atoms with Crippen molar-refractivity contribution in [3.05, 3.63) is 35.6 Å². The molecule has 0 heterocycles. The minimum atomic E-state index is -0.789. The summed E-state index contributed by atoms with van der Waals surface area (Å²) in [6, 6.07) is 5.49. The van der Waals surface area contributed by atoms with Gasteiger partial charge in [0.25, 0.3) is 0 Å². The van der Waals surface area contributed by atoms with Gasteiger partial charge in [-0.2, -0.15) is 0 Å². The summed E-state index contributed by atoms with van der Waals surface area (Å²) in [5, 5.41) is 0. The number of nitrogens with zero attached hydrogens (tertiary/aromatic N) is 1. The van der Waals surface area contributed by atoms with Crippen LogP contribution < -0.4 is 5.48 Å². The van der Waals surface area contributed by atoms with Crippen LogP contribution in [0.4, 0.5) is 4.39 Å². The number of hydroxylamine groups is 1. The number of hydrogen-bond donors (Lipinski definition) is 1. The van der Waals surface area contributed by atoms with Crippen molar-refractivity contribution in [1.29, 1.82) is 0 Å². The van der Waals surface area contributed by atoms with Crippen LogP contribution in [0.15, 0.2) is 24.3 Å². The molecular weight excluding hydrogens is 181 g/mol. The van der Waals surface area contributed by atoms with E-state index in [9.17, 15) is 9.18 Å². The third-order valence-electron chi connectivity index (χ3n) is 1.23. The maximum atomic E-state index is 12.8. The van der Waals surface area contributed by atoms with Gasteiger partial charge in [0.1, 0.15) is 11.4 Å². The van der Waals surface area contributed by atoms with Crippen LogP contribution in [-0.2, 0) is 4.28 Å². The summed E-state index contributed by atoms with van der Waals surface area (Å²) in [5.74, 6) is -1.42. The van der Waals surface area contributed by atoms with Gasteiger partial charge in [0.05, 0.1) is 12.9 Å². The molecule has 5 heteroatoms. The Hall–Kier alpha value is -0.910. The zero-order valence-electron chi connectivity index (χ0n) is 5.90. The van der Waals surface area contributed by atoms with Crippen molar-refractivity contribution in [2.24, 2.45) is 0 Å². The lowest BCUT2D eigenvalue weighted by atomic mass is 10.2. The number of halogens is 1. The van der Waals surface area contributed by atoms with E-state index in [-0.39, 0.29) is 5.56 Å². The summed E-state index contributed by atoms with van der Waals surface area (Å²) >= 11 is 3.23. The maximum Gasteiger partial charge on any atom is 0.506 e. The Kier molecular flexibility index (Phi) is 3.21. The van der Waals surface area contributed by atoms with Crippen LogP contribution in [0.25, 0.3) is 0 Å². The summed E-state index contributed by atoms with van der Waals surface area (Å²) in [4.78, 5) is 10.9. The highest BCUT2D eigenvalue weighted by Crippen LogP contribution is 2.06. The first kappa shape index (κ1) is 9.18. The number of hydrogen-bond acceptors (Lipinski definition) is 3. The number of amides is 1. The van der Waals surface area contributed by atoms with Gasteiger partial charge in [-0.25, -0.2) is 9.18 Å². The Balaban J connectivity index is 2.87. The molecule has 1 rings (SSSR count). The van der Waals surface area contributed by atoms with E-state index < -0.39 is 11.7 Å². The molecule has 0 saturated heterocycles. The Labute approximate surface area is 74.1 Å². The molecule has 0 bridgehead atoms. The van der Waals surface area contributed by atoms with Crippen molar-refractivity contribution in [2.45, 2.75) is 0 Å². The molecule has 0 aliphatic carbocycles. The highest BCUT2D eigenvalue weighted by molar-refractivity contribution is 7.75. The smallest absolute Gasteiger partial charge is 0.208 e. The summed E-state index contributed by atoms with van der Waals surface area (Å²) in [5.41, 5.74) is 2.81. The molecule has 12 heavy (non-hydrogen) atoms. The second-order valence-corrected chi connectivity index (χ2v) is 2.12. The van der Waals surface area contributed by atoms with Gasteiger partial charge in [-0.05, 0) is 16.4 Å². The fraction of sp³-hybridized carbons (Fsp3) is 0. The van der Waals surface area contributed by atoms with Crippen LogP contribution in [0.3, 0.4) is 0 Å². The normalized spacial score (nSPS) is 9.83. The van der Waals surface area contributed by atoms with Crippen LogP contribution in [0.5, 0.6) is 0 Å². The summed E-state index contributed by atoms with van der Waals surface area (Å²) in [7, 11) is 0. The van der Waals surface area contributed by atoms with E-state index >= 15 is 0 Å². The van der Waals surface area contributed by atoms with Gasteiger partial charge in [0.2, 0.25) is 0 Å². The van der Waals surface area contributed by atoms with Crippen LogP contribution in [0.2, 0.25) is 0 Å². The summed E-state index contributed by atoms with van der Waals surface area (Å²) in [6.07, 6.45) is 0. The molecule has 1 amide bonds. The van der Waals surface area contributed by atoms with Gasteiger partial charge in [0, 0.05) is 0 Å². The molecule has 1 aromatic rings. The molecular formula is C7H5FNO2S+. The molecule has 0 atom stereocenters. The second-order valence-electron chi connectivity index (χ2n) is 1.96. The SMILES string of the molecule is O=C([N+]OS)c1ccccc1F. The first-order valence-electron chi connectivity index (χ1n) is 3.06. The minimum Gasteiger partial charge on any atom is -0.208 e. The lowest BCUT2D eigenvalue weighted by molar-refractivity contribution is 0.0782. The fourth-order valence-electron chi connectivity index (χ4n) is 0.721. The van der Waals surface area contributed by atoms with E-state index in [1.807, 2.05) is 0 Å². The van der Waals surface area contributed by atoms with E-state index in [1.165, 1.54) is 24.3 Å². The van der Waals surface area contributed by atoms with Gasteiger partial charge < -0.3 is 0 Å². The van der Waals surface area contributed by atoms with Crippen molar-refractivity contribution in [1.82, 2.24) is 5.48 Å². The average molecular weight is 186 g/mol. The number of benzene rings is 1. The third-order valence-corrected chi connectivity index (χ3v) is 1.31. The number of carbonyl (C=O) groups excluding carboxylic acids is 1. The molecule has 0 aromatic heterocycles. The van der Waals surface area contributed by atoms with Crippen molar-refractivity contribution in [2.75, 3.05) is 0 Å². The van der Waals surface area contributed by atoms with E-state index in [0.29, 0.717) is 0 Å². The quantitative estimate of drug-likeness (QED) is 0.430. The van der Waals surface area contributed by atoms with Crippen molar-refractivity contribution in [3.63, 3.8) is 0 Å². The van der Waals surface area contributed by atoms with Crippen molar-refractivity contribution in [3.8, 4) is 0 Å². The number of thiol groups is 1. The van der Waals surface area contributed by atoms with E-state index in [4.69, 9.17) is 0 Å². The van der Waals surface area contributed by atoms with E-state index in [0.717, 1.165) is 0 Å². The average Bonchev–Trinajstić information content (AvgIpc) is 2.05. The van der Waals surface area contributed by atoms with Gasteiger partial charge in [-0.3, -0.25) is 0 Å². The largest absolute Gasteiger partial charge is 0.506 e. The molecule has 0 unspecified atom stereocenters. The van der Waals surface area contributed by atoms with Crippen LogP contribution in [-0.4, -0.2) is 5.91 Å². The molecule has 0 aliphatic heterocycles. The fourth-order valence-corrected chi connectivity index (χ4v) is 0.795. The lowest BCUT2D eigenvalue weighted by Gasteiger charge is -1.88. The zero-order chi connectivity index (χ0) is 8.97. The molecule has 0 saturated carbocycles. The first-order chi connectivity index (χ1) is 5.75. The molecule has 0 fully saturated rings. The van der Waals surface area contributed by atoms with Crippen molar-refractivity contribution < 1.29 is 13.5 Å². The lowest BCUT2D eigenvalue weighted by Crippen LogP contribution is -2.13.